The van der Waals surface area contributed by atoms with Gasteiger partial charge in [0.2, 0.25) is 5.95 Å². The number of hydrogen-bond acceptors (Lipinski definition) is 4. The predicted octanol–water partition coefficient (Wildman–Crippen LogP) is 6.53. The minimum Gasteiger partial charge on any atom is -0.351 e. The van der Waals surface area contributed by atoms with E-state index >= 15 is 0 Å². The Morgan fingerprint density at radius 3 is 2.41 bits per heavy atom. The van der Waals surface area contributed by atoms with Crippen LogP contribution in [-0.4, -0.2) is 23.1 Å². The highest BCUT2D eigenvalue weighted by Gasteiger charge is 2.24. The SMILES string of the molecule is C=C1C(c2ccccc2F)=Cc2cnc(NC(CCC)CCC)nc2N1C.CC. The van der Waals surface area contributed by atoms with E-state index in [9.17, 15) is 4.39 Å². The van der Waals surface area contributed by atoms with Crippen molar-refractivity contribution in [1.29, 1.82) is 0 Å². The molecule has 0 fully saturated rings. The zero-order valence-corrected chi connectivity index (χ0v) is 18.3. The lowest BCUT2D eigenvalue weighted by Gasteiger charge is -2.29. The first kappa shape index (κ1) is 22.6. The number of nitrogens with zero attached hydrogens (tertiary/aromatic N) is 3. The molecule has 1 aromatic heterocycles. The van der Waals surface area contributed by atoms with Crippen LogP contribution in [0.5, 0.6) is 0 Å². The molecule has 0 spiro atoms. The van der Waals surface area contributed by atoms with Gasteiger partial charge in [-0.3, -0.25) is 0 Å². The molecular formula is C24H33FN4. The number of benzene rings is 1. The summed E-state index contributed by atoms with van der Waals surface area (Å²) in [5.41, 5.74) is 2.86. The second-order valence-electron chi connectivity index (χ2n) is 6.93. The summed E-state index contributed by atoms with van der Waals surface area (Å²) >= 11 is 0. The van der Waals surface area contributed by atoms with E-state index in [1.807, 2.05) is 37.9 Å². The minimum atomic E-state index is -0.261. The van der Waals surface area contributed by atoms with Gasteiger partial charge in [0.15, 0.2) is 0 Å². The van der Waals surface area contributed by atoms with Crippen molar-refractivity contribution in [3.05, 3.63) is 59.7 Å². The molecule has 0 atom stereocenters. The van der Waals surface area contributed by atoms with Crippen LogP contribution in [0.2, 0.25) is 0 Å². The van der Waals surface area contributed by atoms with Crippen molar-refractivity contribution in [2.24, 2.45) is 0 Å². The molecule has 1 aliphatic rings. The second-order valence-corrected chi connectivity index (χ2v) is 6.93. The smallest absolute Gasteiger partial charge is 0.224 e. The Kier molecular flexibility index (Phi) is 8.37. The van der Waals surface area contributed by atoms with Gasteiger partial charge in [0.25, 0.3) is 0 Å². The summed E-state index contributed by atoms with van der Waals surface area (Å²) in [4.78, 5) is 11.1. The first-order valence-electron chi connectivity index (χ1n) is 10.6. The molecule has 0 saturated heterocycles. The van der Waals surface area contributed by atoms with Crippen molar-refractivity contribution in [2.75, 3.05) is 17.3 Å². The Hall–Kier alpha value is -2.69. The lowest BCUT2D eigenvalue weighted by atomic mass is 9.97. The monoisotopic (exact) mass is 396 g/mol. The molecule has 2 aromatic rings. The number of likely N-dealkylation sites (N-methyl/N-ethyl adjacent to an activating group) is 1. The molecule has 1 aliphatic heterocycles. The van der Waals surface area contributed by atoms with E-state index in [0.29, 0.717) is 17.6 Å². The molecule has 156 valence electrons. The standard InChI is InChI=1S/C22H27FN4.C2H6/c1-5-9-17(10-6-2)25-22-24-14-16-13-19(15(3)27(4)21(16)26-22)18-11-7-8-12-20(18)23;1-2/h7-8,11-14,17H,3,5-6,9-10H2,1-2,4H3,(H,24,25,26);1-2H3. The number of nitrogens with one attached hydrogen (secondary N) is 1. The lowest BCUT2D eigenvalue weighted by Crippen LogP contribution is -2.25. The van der Waals surface area contributed by atoms with E-state index in [1.54, 1.807) is 18.3 Å². The Bertz CT molecular complexity index is 854. The normalized spacial score (nSPS) is 12.9. The lowest BCUT2D eigenvalue weighted by molar-refractivity contribution is 0.582. The quantitative estimate of drug-likeness (QED) is 0.578. The number of fused-ring (bicyclic) bond motifs is 1. The average Bonchev–Trinajstić information content (AvgIpc) is 2.73. The third-order valence-corrected chi connectivity index (χ3v) is 4.90. The molecule has 1 N–H and O–H groups in total. The molecule has 0 saturated carbocycles. The summed E-state index contributed by atoms with van der Waals surface area (Å²) in [5.74, 6) is 1.15. The van der Waals surface area contributed by atoms with Gasteiger partial charge in [0, 0.05) is 41.7 Å². The molecule has 5 heteroatoms. The average molecular weight is 397 g/mol. The molecule has 0 amide bonds. The van der Waals surface area contributed by atoms with Crippen LogP contribution in [0, 0.1) is 5.82 Å². The number of halogens is 1. The molecule has 3 rings (SSSR count). The highest BCUT2D eigenvalue weighted by molar-refractivity contribution is 5.98. The van der Waals surface area contributed by atoms with Gasteiger partial charge in [-0.2, -0.15) is 4.98 Å². The topological polar surface area (TPSA) is 41.1 Å². The predicted molar refractivity (Wildman–Crippen MR) is 122 cm³/mol. The number of rotatable bonds is 7. The highest BCUT2D eigenvalue weighted by Crippen LogP contribution is 2.37. The van der Waals surface area contributed by atoms with Gasteiger partial charge in [0.05, 0.1) is 0 Å². The maximum Gasteiger partial charge on any atom is 0.224 e. The Balaban J connectivity index is 0.00000145. The van der Waals surface area contributed by atoms with Crippen LogP contribution in [0.25, 0.3) is 11.6 Å². The van der Waals surface area contributed by atoms with Crippen LogP contribution in [0.3, 0.4) is 0 Å². The molecule has 0 aliphatic carbocycles. The van der Waals surface area contributed by atoms with E-state index in [2.05, 4.69) is 30.7 Å². The minimum absolute atomic E-state index is 0.261. The van der Waals surface area contributed by atoms with Crippen LogP contribution in [0.4, 0.5) is 16.2 Å². The summed E-state index contributed by atoms with van der Waals surface area (Å²) in [5, 5.41) is 3.46. The summed E-state index contributed by atoms with van der Waals surface area (Å²) in [6.07, 6.45) is 8.13. The first-order valence-corrected chi connectivity index (χ1v) is 10.6. The fraction of sp³-hybridized carbons (Fsp3) is 0.417. The van der Waals surface area contributed by atoms with Gasteiger partial charge in [-0.25, -0.2) is 9.37 Å². The fourth-order valence-corrected chi connectivity index (χ4v) is 3.45. The van der Waals surface area contributed by atoms with Gasteiger partial charge in [-0.15, -0.1) is 0 Å². The number of aromatic nitrogens is 2. The van der Waals surface area contributed by atoms with Crippen LogP contribution in [0.1, 0.15) is 64.5 Å². The van der Waals surface area contributed by atoms with E-state index in [-0.39, 0.29) is 5.82 Å². The zero-order valence-electron chi connectivity index (χ0n) is 18.3. The Morgan fingerprint density at radius 1 is 1.14 bits per heavy atom. The van der Waals surface area contributed by atoms with Crippen molar-refractivity contribution in [1.82, 2.24) is 9.97 Å². The summed E-state index contributed by atoms with van der Waals surface area (Å²) < 4.78 is 14.3. The molecule has 29 heavy (non-hydrogen) atoms. The summed E-state index contributed by atoms with van der Waals surface area (Å²) in [6.45, 7) is 12.5. The third kappa shape index (κ3) is 5.22. The highest BCUT2D eigenvalue weighted by atomic mass is 19.1. The fourth-order valence-electron chi connectivity index (χ4n) is 3.45. The van der Waals surface area contributed by atoms with Gasteiger partial charge in [-0.1, -0.05) is 65.3 Å². The van der Waals surface area contributed by atoms with Crippen molar-refractivity contribution in [3.8, 4) is 0 Å². The van der Waals surface area contributed by atoms with Crippen molar-refractivity contribution >= 4 is 23.4 Å². The first-order chi connectivity index (χ1) is 14.0. The molecule has 0 unspecified atom stereocenters. The van der Waals surface area contributed by atoms with Crippen LogP contribution in [0.15, 0.2) is 42.7 Å². The van der Waals surface area contributed by atoms with E-state index in [1.165, 1.54) is 6.07 Å². The van der Waals surface area contributed by atoms with E-state index in [4.69, 9.17) is 4.98 Å². The number of allylic oxidation sites excluding steroid dienone is 1. The summed E-state index contributed by atoms with van der Waals surface area (Å²) in [6, 6.07) is 7.12. The summed E-state index contributed by atoms with van der Waals surface area (Å²) in [7, 11) is 1.90. The van der Waals surface area contributed by atoms with Gasteiger partial charge >= 0.3 is 0 Å². The number of anilines is 2. The van der Waals surface area contributed by atoms with Crippen molar-refractivity contribution in [3.63, 3.8) is 0 Å². The molecule has 1 aromatic carbocycles. The van der Waals surface area contributed by atoms with Crippen molar-refractivity contribution in [2.45, 2.75) is 59.4 Å². The zero-order chi connectivity index (χ0) is 21.4. The second kappa shape index (κ2) is 10.7. The molecular weight excluding hydrogens is 363 g/mol. The third-order valence-electron chi connectivity index (χ3n) is 4.90. The van der Waals surface area contributed by atoms with Crippen LogP contribution in [-0.2, 0) is 0 Å². The maximum absolute atomic E-state index is 14.3. The van der Waals surface area contributed by atoms with E-state index < -0.39 is 0 Å². The molecule has 2 heterocycles. The van der Waals surface area contributed by atoms with Gasteiger partial charge < -0.3 is 10.2 Å². The Labute approximate surface area is 174 Å². The van der Waals surface area contributed by atoms with Crippen LogP contribution >= 0.6 is 0 Å². The largest absolute Gasteiger partial charge is 0.351 e. The van der Waals surface area contributed by atoms with Gasteiger partial charge in [-0.05, 0) is 25.0 Å². The molecule has 0 radical (unpaired) electrons. The maximum atomic E-state index is 14.3. The van der Waals surface area contributed by atoms with Gasteiger partial charge in [0.1, 0.15) is 11.6 Å². The molecule has 4 nitrogen and oxygen atoms in total. The van der Waals surface area contributed by atoms with Crippen LogP contribution < -0.4 is 10.2 Å². The number of hydrogen-bond donors (Lipinski definition) is 1. The van der Waals surface area contributed by atoms with Crippen molar-refractivity contribution < 1.29 is 4.39 Å². The Morgan fingerprint density at radius 2 is 1.79 bits per heavy atom. The molecule has 0 bridgehead atoms. The van der Waals surface area contributed by atoms with E-state index in [0.717, 1.165) is 48.3 Å².